The van der Waals surface area contributed by atoms with Gasteiger partial charge >= 0.3 is 0 Å². The van der Waals surface area contributed by atoms with Gasteiger partial charge in [0.2, 0.25) is 5.91 Å². The molecule has 2 saturated heterocycles. The van der Waals surface area contributed by atoms with Crippen LogP contribution in [0.25, 0.3) is 0 Å². The molecule has 0 aromatic heterocycles. The van der Waals surface area contributed by atoms with E-state index in [0.29, 0.717) is 19.6 Å². The molecule has 42 heavy (non-hydrogen) atoms. The fraction of sp³-hybridized carbons (Fsp3) is 0.962. The van der Waals surface area contributed by atoms with Gasteiger partial charge in [0.15, 0.2) is 12.6 Å². The second kappa shape index (κ2) is 16.3. The highest BCUT2D eigenvalue weighted by Gasteiger charge is 2.52. The molecule has 246 valence electrons. The molecule has 0 unspecified atom stereocenters. The second-order valence-electron chi connectivity index (χ2n) is 11.7. The molecule has 1 saturated carbocycles. The molecule has 0 spiro atoms. The maximum Gasteiger partial charge on any atom is 0.249 e. The number of hydrogen-bond donors (Lipinski definition) is 11. The third-order valence-corrected chi connectivity index (χ3v) is 8.32. The number of hydrogen-bond acceptors (Lipinski definition) is 15. The van der Waals surface area contributed by atoms with Crippen LogP contribution in [0.4, 0.5) is 0 Å². The summed E-state index contributed by atoms with van der Waals surface area (Å²) in [5.74, 6) is -0.704. The van der Waals surface area contributed by atoms with E-state index in [1.165, 1.54) is 6.92 Å². The first kappa shape index (κ1) is 35.4. The number of ether oxygens (including phenoxy) is 4. The summed E-state index contributed by atoms with van der Waals surface area (Å²) in [6, 6.07) is -2.67. The molecular formula is C26H53N7O9. The van der Waals surface area contributed by atoms with E-state index < -0.39 is 72.7 Å². The molecule has 16 nitrogen and oxygen atoms in total. The summed E-state index contributed by atoms with van der Waals surface area (Å²) >= 11 is 0. The Hall–Kier alpha value is -1.09. The Balaban J connectivity index is 1.83. The second-order valence-corrected chi connectivity index (χ2v) is 11.7. The minimum Gasteiger partial charge on any atom is -0.388 e. The predicted octanol–water partition coefficient (Wildman–Crippen LogP) is -5.13. The third kappa shape index (κ3) is 8.76. The van der Waals surface area contributed by atoms with Gasteiger partial charge in [-0.05, 0) is 65.7 Å². The summed E-state index contributed by atoms with van der Waals surface area (Å²) in [6.07, 6.45) is -6.24. The van der Waals surface area contributed by atoms with E-state index in [4.69, 9.17) is 41.9 Å². The SMILES string of the molecule is CN[C@@H]1[C@@H](O)[C@@H](O[C@@H]2[C@@H](O)[C@H](O[C@H]3O[C@H](CN)CC[C@H]3NCCCN)[C@@H](N)C[C@H]2NC(=O)[C@@H](O)CCN)OC[C@]1(C)O. The van der Waals surface area contributed by atoms with Gasteiger partial charge in [0.05, 0.1) is 30.8 Å². The lowest BCUT2D eigenvalue weighted by Crippen LogP contribution is -2.69. The van der Waals surface area contributed by atoms with Gasteiger partial charge in [-0.3, -0.25) is 4.79 Å². The van der Waals surface area contributed by atoms with Gasteiger partial charge in [-0.2, -0.15) is 0 Å². The zero-order valence-electron chi connectivity index (χ0n) is 24.6. The van der Waals surface area contributed by atoms with Gasteiger partial charge in [0, 0.05) is 12.6 Å². The van der Waals surface area contributed by atoms with Crippen LogP contribution < -0.4 is 38.9 Å². The van der Waals surface area contributed by atoms with Crippen molar-refractivity contribution in [3.05, 3.63) is 0 Å². The summed E-state index contributed by atoms with van der Waals surface area (Å²) < 4.78 is 24.2. The van der Waals surface area contributed by atoms with Crippen LogP contribution in [0.2, 0.25) is 0 Å². The van der Waals surface area contributed by atoms with Gasteiger partial charge in [0.1, 0.15) is 36.1 Å². The minimum absolute atomic E-state index is 0.0354. The lowest BCUT2D eigenvalue weighted by Gasteiger charge is -2.49. The van der Waals surface area contributed by atoms with Gasteiger partial charge in [-0.1, -0.05) is 0 Å². The van der Waals surface area contributed by atoms with Crippen molar-refractivity contribution < 1.29 is 44.2 Å². The maximum atomic E-state index is 12.7. The summed E-state index contributed by atoms with van der Waals surface area (Å²) in [5.41, 5.74) is 22.1. The van der Waals surface area contributed by atoms with Crippen LogP contribution in [-0.2, 0) is 23.7 Å². The first-order valence-corrected chi connectivity index (χ1v) is 14.9. The van der Waals surface area contributed by atoms with Crippen molar-refractivity contribution in [1.29, 1.82) is 0 Å². The summed E-state index contributed by atoms with van der Waals surface area (Å²) in [7, 11) is 1.59. The van der Waals surface area contributed by atoms with Crippen molar-refractivity contribution in [2.24, 2.45) is 22.9 Å². The molecule has 3 fully saturated rings. The van der Waals surface area contributed by atoms with Crippen LogP contribution in [0.1, 0.15) is 39.0 Å². The van der Waals surface area contributed by atoms with E-state index in [2.05, 4.69) is 16.0 Å². The molecule has 2 aliphatic heterocycles. The standard InChI is InChI=1S/C26H53N7O9/c1-26(38)12-39-25(19(36)22(26)31-2)42-21-16(33-23(37)17(34)6-8-28)10-14(30)20(18(21)35)41-24-15(32-9-3-7-27)5-4-13(11-29)40-24/h13-22,24-25,31-32,34-36,38H,3-12,27-30H2,1-2H3,(H,33,37)/t13-,14-,15+,16+,17-,18-,19+,20+,21-,22+,24+,25+,26-/m0/s1. The highest BCUT2D eigenvalue weighted by atomic mass is 16.7. The largest absolute Gasteiger partial charge is 0.388 e. The van der Waals surface area contributed by atoms with Gasteiger partial charge < -0.3 is 78.3 Å². The lowest BCUT2D eigenvalue weighted by atomic mass is 9.83. The number of rotatable bonds is 14. The average molecular weight is 608 g/mol. The van der Waals surface area contributed by atoms with E-state index in [-0.39, 0.29) is 38.1 Å². The van der Waals surface area contributed by atoms with E-state index in [9.17, 15) is 25.2 Å². The number of aliphatic hydroxyl groups is 4. The number of carbonyl (C=O) groups is 1. The van der Waals surface area contributed by atoms with Crippen LogP contribution in [0.5, 0.6) is 0 Å². The molecule has 16 heteroatoms. The topological polar surface area (TPSA) is 275 Å². The van der Waals surface area contributed by atoms with E-state index in [0.717, 1.165) is 19.3 Å². The Kier molecular flexibility index (Phi) is 13.7. The van der Waals surface area contributed by atoms with Gasteiger partial charge in [0.25, 0.3) is 0 Å². The molecule has 0 radical (unpaired) electrons. The number of aliphatic hydroxyl groups excluding tert-OH is 3. The molecule has 0 aromatic carbocycles. The van der Waals surface area contributed by atoms with E-state index in [1.807, 2.05) is 0 Å². The van der Waals surface area contributed by atoms with Crippen molar-refractivity contribution in [2.75, 3.05) is 39.8 Å². The molecule has 13 atom stereocenters. The number of likely N-dealkylation sites (N-methyl/N-ethyl adjacent to an activating group) is 1. The normalized spacial score (nSPS) is 41.8. The molecule has 15 N–H and O–H groups in total. The van der Waals surface area contributed by atoms with E-state index in [1.54, 1.807) is 7.05 Å². The quantitative estimate of drug-likeness (QED) is 0.0824. The molecule has 0 aromatic rings. The van der Waals surface area contributed by atoms with Crippen LogP contribution in [0.3, 0.4) is 0 Å². The van der Waals surface area contributed by atoms with Gasteiger partial charge in [-0.25, -0.2) is 0 Å². The van der Waals surface area contributed by atoms with Crippen LogP contribution in [0, 0.1) is 0 Å². The first-order chi connectivity index (χ1) is 20.0. The van der Waals surface area contributed by atoms with Crippen molar-refractivity contribution in [2.45, 2.75) is 118 Å². The van der Waals surface area contributed by atoms with Crippen molar-refractivity contribution in [1.82, 2.24) is 16.0 Å². The molecule has 3 aliphatic rings. The molecule has 0 bridgehead atoms. The zero-order valence-corrected chi connectivity index (χ0v) is 24.6. The summed E-state index contributed by atoms with van der Waals surface area (Å²) in [5, 5.41) is 52.4. The fourth-order valence-corrected chi connectivity index (χ4v) is 5.92. The van der Waals surface area contributed by atoms with Crippen molar-refractivity contribution in [3.63, 3.8) is 0 Å². The third-order valence-electron chi connectivity index (χ3n) is 8.32. The number of nitrogens with two attached hydrogens (primary N) is 4. The average Bonchev–Trinajstić information content (AvgIpc) is 2.95. The van der Waals surface area contributed by atoms with Crippen molar-refractivity contribution >= 4 is 5.91 Å². The Labute approximate surface area is 247 Å². The summed E-state index contributed by atoms with van der Waals surface area (Å²) in [4.78, 5) is 12.7. The van der Waals surface area contributed by atoms with Gasteiger partial charge in [-0.15, -0.1) is 0 Å². The lowest BCUT2D eigenvalue weighted by molar-refractivity contribution is -0.308. The minimum atomic E-state index is -1.41. The monoisotopic (exact) mass is 607 g/mol. The number of nitrogens with one attached hydrogen (secondary N) is 3. The Bertz CT molecular complexity index is 829. The summed E-state index contributed by atoms with van der Waals surface area (Å²) in [6.45, 7) is 2.92. The zero-order chi connectivity index (χ0) is 31.0. The molecular weight excluding hydrogens is 554 g/mol. The van der Waals surface area contributed by atoms with Crippen molar-refractivity contribution in [3.8, 4) is 0 Å². The number of carbonyl (C=O) groups excluding carboxylic acids is 1. The van der Waals surface area contributed by atoms with Crippen LogP contribution in [0.15, 0.2) is 0 Å². The highest BCUT2D eigenvalue weighted by Crippen LogP contribution is 2.32. The Morgan fingerprint density at radius 1 is 1.07 bits per heavy atom. The van der Waals surface area contributed by atoms with E-state index >= 15 is 0 Å². The Morgan fingerprint density at radius 3 is 2.43 bits per heavy atom. The molecule has 1 aliphatic carbocycles. The predicted molar refractivity (Wildman–Crippen MR) is 152 cm³/mol. The van der Waals surface area contributed by atoms with Crippen LogP contribution >= 0.6 is 0 Å². The maximum absolute atomic E-state index is 12.7. The molecule has 2 heterocycles. The Morgan fingerprint density at radius 2 is 1.79 bits per heavy atom. The van der Waals surface area contributed by atoms with Crippen LogP contribution in [-0.4, -0.2) is 145 Å². The molecule has 3 rings (SSSR count). The highest BCUT2D eigenvalue weighted by molar-refractivity contribution is 5.80. The first-order valence-electron chi connectivity index (χ1n) is 14.9. The molecule has 1 amide bonds. The smallest absolute Gasteiger partial charge is 0.249 e. The number of amides is 1. The fourth-order valence-electron chi connectivity index (χ4n) is 5.92.